The van der Waals surface area contributed by atoms with Gasteiger partial charge in [0.05, 0.1) is 11.2 Å². The van der Waals surface area contributed by atoms with Crippen LogP contribution in [0.25, 0.3) is 43.4 Å². The van der Waals surface area contributed by atoms with Gasteiger partial charge in [0.2, 0.25) is 0 Å². The van der Waals surface area contributed by atoms with E-state index in [9.17, 15) is 0 Å². The van der Waals surface area contributed by atoms with Crippen LogP contribution in [0.2, 0.25) is 0 Å². The predicted molar refractivity (Wildman–Crippen MR) is 162 cm³/mol. The lowest BCUT2D eigenvalue weighted by atomic mass is 9.74. The summed E-state index contributed by atoms with van der Waals surface area (Å²) in [7, 11) is -0.356. The highest BCUT2D eigenvalue weighted by molar-refractivity contribution is 6.62. The number of hydrogen-bond acceptors (Lipinski definition) is 2. The molecule has 1 heterocycles. The maximum absolute atomic E-state index is 6.42. The number of fused-ring (bicyclic) bond motifs is 4. The van der Waals surface area contributed by atoms with Crippen LogP contribution >= 0.6 is 0 Å². The number of rotatable bonds is 1. The van der Waals surface area contributed by atoms with Gasteiger partial charge in [-0.25, -0.2) is 0 Å². The first-order chi connectivity index (χ1) is 17.7. The minimum Gasteiger partial charge on any atom is -0.399 e. The average molecular weight is 500 g/mol. The molecule has 0 atom stereocenters. The third-order valence-corrected chi connectivity index (χ3v) is 9.77. The van der Waals surface area contributed by atoms with E-state index in [0.29, 0.717) is 0 Å². The molecule has 2 aliphatic rings. The summed E-state index contributed by atoms with van der Waals surface area (Å²) in [5.74, 6) is 0. The van der Waals surface area contributed by atoms with E-state index in [1.807, 2.05) is 0 Å². The van der Waals surface area contributed by atoms with Crippen molar-refractivity contribution >= 4 is 44.9 Å². The van der Waals surface area contributed by atoms with Crippen LogP contribution in [0.4, 0.5) is 0 Å². The molecule has 0 saturated carbocycles. The molecule has 5 aromatic rings. The highest BCUT2D eigenvalue weighted by atomic mass is 16.7. The molecular formula is C35H37BO2. The van der Waals surface area contributed by atoms with Crippen LogP contribution in [0.1, 0.15) is 79.0 Å². The van der Waals surface area contributed by atoms with Gasteiger partial charge in [-0.3, -0.25) is 0 Å². The van der Waals surface area contributed by atoms with Crippen molar-refractivity contribution < 1.29 is 9.31 Å². The van der Waals surface area contributed by atoms with Gasteiger partial charge in [-0.1, -0.05) is 89.2 Å². The number of benzene rings is 5. The fourth-order valence-corrected chi connectivity index (χ4v) is 6.68. The molecule has 5 aromatic carbocycles. The molecular weight excluding hydrogens is 463 g/mol. The van der Waals surface area contributed by atoms with Crippen LogP contribution in [-0.4, -0.2) is 18.3 Å². The van der Waals surface area contributed by atoms with E-state index in [1.165, 1.54) is 60.1 Å². The smallest absolute Gasteiger partial charge is 0.399 e. The normalized spacial score (nSPS) is 19.6. The maximum atomic E-state index is 6.42. The Hall–Kier alpha value is -2.88. The van der Waals surface area contributed by atoms with Gasteiger partial charge in [-0.2, -0.15) is 0 Å². The molecule has 0 N–H and O–H groups in total. The van der Waals surface area contributed by atoms with Crippen molar-refractivity contribution in [1.82, 2.24) is 0 Å². The van der Waals surface area contributed by atoms with Crippen LogP contribution < -0.4 is 5.46 Å². The summed E-state index contributed by atoms with van der Waals surface area (Å²) < 4.78 is 12.8. The second-order valence-corrected chi connectivity index (χ2v) is 14.1. The summed E-state index contributed by atoms with van der Waals surface area (Å²) >= 11 is 0. The SMILES string of the molecule is CC(C)(C)c1cc2ccc3cc4c(c5ccc(c1)c2c35)-c1ccc(B2OC(C)(C)C(C)(C)O2)cc1C4(C)C. The molecule has 1 saturated heterocycles. The van der Waals surface area contributed by atoms with Gasteiger partial charge >= 0.3 is 7.12 Å². The summed E-state index contributed by atoms with van der Waals surface area (Å²) in [4.78, 5) is 0. The molecule has 0 amide bonds. The molecule has 2 nitrogen and oxygen atoms in total. The first-order valence-electron chi connectivity index (χ1n) is 14.0. The Morgan fingerprint density at radius 3 is 1.82 bits per heavy atom. The third-order valence-electron chi connectivity index (χ3n) is 9.77. The lowest BCUT2D eigenvalue weighted by Gasteiger charge is -2.32. The maximum Gasteiger partial charge on any atom is 0.494 e. The van der Waals surface area contributed by atoms with E-state index in [1.54, 1.807) is 0 Å². The molecule has 1 aliphatic heterocycles. The van der Waals surface area contributed by atoms with Gasteiger partial charge in [0.25, 0.3) is 0 Å². The molecule has 1 aliphatic carbocycles. The van der Waals surface area contributed by atoms with Crippen molar-refractivity contribution in [3.63, 3.8) is 0 Å². The zero-order chi connectivity index (χ0) is 27.0. The molecule has 0 spiro atoms. The highest BCUT2D eigenvalue weighted by Crippen LogP contribution is 2.53. The van der Waals surface area contributed by atoms with Gasteiger partial charge in [-0.05, 0) is 105 Å². The third kappa shape index (κ3) is 3.09. The summed E-state index contributed by atoms with van der Waals surface area (Å²) in [6, 6.07) is 23.4. The summed E-state index contributed by atoms with van der Waals surface area (Å²) in [5, 5.41) is 8.12. The Kier molecular flexibility index (Phi) is 4.58. The van der Waals surface area contributed by atoms with E-state index in [4.69, 9.17) is 9.31 Å². The summed E-state index contributed by atoms with van der Waals surface area (Å²) in [6.45, 7) is 20.1. The largest absolute Gasteiger partial charge is 0.494 e. The monoisotopic (exact) mass is 500 g/mol. The van der Waals surface area contributed by atoms with Crippen LogP contribution in [-0.2, 0) is 20.1 Å². The lowest BCUT2D eigenvalue weighted by Crippen LogP contribution is -2.41. The zero-order valence-corrected chi connectivity index (χ0v) is 24.2. The molecule has 3 heteroatoms. The zero-order valence-electron chi connectivity index (χ0n) is 24.2. The molecule has 7 rings (SSSR count). The van der Waals surface area contributed by atoms with Gasteiger partial charge in [0, 0.05) is 5.41 Å². The predicted octanol–water partition coefficient (Wildman–Crippen LogP) is 8.49. The van der Waals surface area contributed by atoms with Gasteiger partial charge in [0.15, 0.2) is 0 Å². The number of hydrogen-bond donors (Lipinski definition) is 0. The van der Waals surface area contributed by atoms with Crippen LogP contribution in [0.5, 0.6) is 0 Å². The van der Waals surface area contributed by atoms with Gasteiger partial charge in [-0.15, -0.1) is 0 Å². The molecule has 0 bridgehead atoms. The second-order valence-electron chi connectivity index (χ2n) is 14.1. The Morgan fingerprint density at radius 2 is 1.21 bits per heavy atom. The molecule has 1 fully saturated rings. The lowest BCUT2D eigenvalue weighted by molar-refractivity contribution is 0.00578. The van der Waals surface area contributed by atoms with Gasteiger partial charge in [0.1, 0.15) is 0 Å². The fraction of sp³-hybridized carbons (Fsp3) is 0.371. The van der Waals surface area contributed by atoms with Crippen molar-refractivity contribution in [2.45, 2.75) is 84.3 Å². The molecule has 0 unspecified atom stereocenters. The van der Waals surface area contributed by atoms with Crippen LogP contribution in [0.15, 0.2) is 60.7 Å². The van der Waals surface area contributed by atoms with Crippen molar-refractivity contribution in [3.05, 3.63) is 77.4 Å². The minimum absolute atomic E-state index is 0.115. The van der Waals surface area contributed by atoms with E-state index >= 15 is 0 Å². The van der Waals surface area contributed by atoms with Crippen molar-refractivity contribution in [2.24, 2.45) is 0 Å². The standard InChI is InChI=1S/C35H37BO2/c1-32(2,3)23-16-20-10-11-22-18-28-31(26-14-12-21(17-23)29(20)30(22)26)25-15-13-24(19-27(25)33(28,4)5)36-37-34(6,7)35(8,9)38-36/h10-19H,1-9H3. The first kappa shape index (κ1) is 24.2. The summed E-state index contributed by atoms with van der Waals surface area (Å²) in [5.41, 5.74) is 7.24. The molecule has 38 heavy (non-hydrogen) atoms. The minimum atomic E-state index is -0.356. The quantitative estimate of drug-likeness (QED) is 0.170. The summed E-state index contributed by atoms with van der Waals surface area (Å²) in [6.07, 6.45) is 0. The highest BCUT2D eigenvalue weighted by Gasteiger charge is 2.52. The second kappa shape index (κ2) is 7.20. The van der Waals surface area contributed by atoms with Crippen LogP contribution in [0, 0.1) is 0 Å². The fourth-order valence-electron chi connectivity index (χ4n) is 6.68. The Bertz CT molecular complexity index is 1750. The van der Waals surface area contributed by atoms with E-state index < -0.39 is 0 Å². The molecule has 192 valence electrons. The van der Waals surface area contributed by atoms with Gasteiger partial charge < -0.3 is 9.31 Å². The Balaban J connectivity index is 1.45. The molecule has 0 radical (unpaired) electrons. The Morgan fingerprint density at radius 1 is 0.632 bits per heavy atom. The van der Waals surface area contributed by atoms with E-state index in [0.717, 1.165) is 5.46 Å². The molecule has 0 aromatic heterocycles. The average Bonchev–Trinajstić information content (AvgIpc) is 3.20. The van der Waals surface area contributed by atoms with Crippen molar-refractivity contribution in [3.8, 4) is 11.1 Å². The van der Waals surface area contributed by atoms with Crippen molar-refractivity contribution in [1.29, 1.82) is 0 Å². The first-order valence-corrected chi connectivity index (χ1v) is 14.0. The van der Waals surface area contributed by atoms with E-state index in [-0.39, 0.29) is 29.2 Å². The topological polar surface area (TPSA) is 18.5 Å². The van der Waals surface area contributed by atoms with E-state index in [2.05, 4.69) is 123 Å². The Labute approximate surface area is 226 Å². The van der Waals surface area contributed by atoms with Crippen LogP contribution in [0.3, 0.4) is 0 Å². The van der Waals surface area contributed by atoms with Crippen molar-refractivity contribution in [2.75, 3.05) is 0 Å².